The van der Waals surface area contributed by atoms with E-state index >= 15 is 0 Å². The van der Waals surface area contributed by atoms with E-state index in [-0.39, 0.29) is 16.3 Å². The number of benzene rings is 3. The van der Waals surface area contributed by atoms with Crippen LogP contribution >= 0.6 is 22.9 Å². The average molecular weight is 478 g/mol. The van der Waals surface area contributed by atoms with Gasteiger partial charge in [-0.15, -0.1) is 0 Å². The number of aryl methyl sites for hydroxylation is 2. The zero-order chi connectivity index (χ0) is 23.7. The normalized spacial score (nSPS) is 11.6. The molecule has 0 saturated carbocycles. The van der Waals surface area contributed by atoms with Crippen molar-refractivity contribution in [1.29, 1.82) is 0 Å². The van der Waals surface area contributed by atoms with Gasteiger partial charge in [-0.25, -0.2) is 0 Å². The van der Waals surface area contributed by atoms with Crippen LogP contribution in [0.5, 0.6) is 0 Å². The Labute approximate surface area is 199 Å². The van der Waals surface area contributed by atoms with Crippen LogP contribution in [-0.2, 0) is 7.05 Å². The number of carbonyl (C=O) groups is 1. The molecule has 4 rings (SSSR count). The highest BCUT2D eigenvalue weighted by atomic mass is 35.5. The van der Waals surface area contributed by atoms with Crippen molar-refractivity contribution in [2.24, 2.45) is 12.0 Å². The number of thiazole rings is 1. The molecule has 0 aliphatic rings. The summed E-state index contributed by atoms with van der Waals surface area (Å²) in [5, 5.41) is 11.2. The summed E-state index contributed by atoms with van der Waals surface area (Å²) in [5.74, 6) is -0.633. The summed E-state index contributed by atoms with van der Waals surface area (Å²) >= 11 is 7.54. The van der Waals surface area contributed by atoms with Crippen molar-refractivity contribution in [3.63, 3.8) is 0 Å². The fraction of sp³-hybridized carbons (Fsp3) is 0.120. The first-order chi connectivity index (χ1) is 15.8. The lowest BCUT2D eigenvalue weighted by atomic mass is 10.0. The van der Waals surface area contributed by atoms with Gasteiger partial charge in [0.2, 0.25) is 0 Å². The van der Waals surface area contributed by atoms with E-state index < -0.39 is 10.8 Å². The number of hydrogen-bond acceptors (Lipinski definition) is 4. The topological polar surface area (TPSA) is 77.5 Å². The molecule has 0 atom stereocenters. The van der Waals surface area contributed by atoms with Crippen LogP contribution in [0.3, 0.4) is 0 Å². The zero-order valence-electron chi connectivity index (χ0n) is 18.2. The number of hydrogen-bond donors (Lipinski definition) is 0. The maximum Gasteiger partial charge on any atom is 0.281 e. The third kappa shape index (κ3) is 4.51. The number of nitrogens with zero attached hydrogens (tertiary/aromatic N) is 3. The molecule has 0 aliphatic heterocycles. The van der Waals surface area contributed by atoms with Crippen molar-refractivity contribution in [1.82, 2.24) is 4.57 Å². The summed E-state index contributed by atoms with van der Waals surface area (Å²) in [6.45, 7) is 4.12. The fourth-order valence-electron chi connectivity index (χ4n) is 3.49. The quantitative estimate of drug-likeness (QED) is 0.254. The Kier molecular flexibility index (Phi) is 6.26. The molecule has 0 N–H and O–H groups in total. The van der Waals surface area contributed by atoms with Crippen LogP contribution in [0.15, 0.2) is 71.7 Å². The molecule has 8 heteroatoms. The number of nitro benzene ring substituents is 1. The Morgan fingerprint density at radius 2 is 1.73 bits per heavy atom. The SMILES string of the molecule is Cc1ccc(-c2c(-c3ccccc3)sc(=NC(=O)c3cc([N+](=O)[O-])ccc3Cl)n2C)cc1C. The summed E-state index contributed by atoms with van der Waals surface area (Å²) in [5.41, 5.74) is 5.09. The second kappa shape index (κ2) is 9.13. The molecule has 33 heavy (non-hydrogen) atoms. The number of aromatic nitrogens is 1. The van der Waals surface area contributed by atoms with Crippen molar-refractivity contribution >= 4 is 34.5 Å². The van der Waals surface area contributed by atoms with E-state index in [0.717, 1.165) is 33.3 Å². The molecule has 3 aromatic carbocycles. The lowest BCUT2D eigenvalue weighted by Crippen LogP contribution is -2.14. The molecule has 1 aromatic heterocycles. The predicted octanol–water partition coefficient (Wildman–Crippen LogP) is 6.34. The minimum Gasteiger partial charge on any atom is -0.319 e. The minimum atomic E-state index is -0.633. The van der Waals surface area contributed by atoms with E-state index in [0.29, 0.717) is 4.80 Å². The van der Waals surface area contributed by atoms with Crippen molar-refractivity contribution in [3.05, 3.63) is 103 Å². The Balaban J connectivity index is 1.92. The number of nitro groups is 1. The molecular weight excluding hydrogens is 458 g/mol. The lowest BCUT2D eigenvalue weighted by Gasteiger charge is -2.09. The van der Waals surface area contributed by atoms with Gasteiger partial charge in [0.25, 0.3) is 11.6 Å². The largest absolute Gasteiger partial charge is 0.319 e. The van der Waals surface area contributed by atoms with Crippen LogP contribution in [0.4, 0.5) is 5.69 Å². The van der Waals surface area contributed by atoms with Gasteiger partial charge in [-0.1, -0.05) is 65.4 Å². The molecule has 0 bridgehead atoms. The fourth-order valence-corrected chi connectivity index (χ4v) is 4.83. The van der Waals surface area contributed by atoms with Crippen molar-refractivity contribution < 1.29 is 9.72 Å². The first kappa shape index (κ1) is 22.6. The van der Waals surface area contributed by atoms with Gasteiger partial charge in [-0.05, 0) is 48.2 Å². The van der Waals surface area contributed by atoms with Crippen LogP contribution in [0, 0.1) is 24.0 Å². The van der Waals surface area contributed by atoms with Crippen molar-refractivity contribution in [2.45, 2.75) is 13.8 Å². The maximum absolute atomic E-state index is 13.0. The molecule has 4 aromatic rings. The Bertz CT molecular complexity index is 1460. The molecule has 166 valence electrons. The van der Waals surface area contributed by atoms with E-state index in [1.165, 1.54) is 29.0 Å². The van der Waals surface area contributed by atoms with Gasteiger partial charge in [0.05, 0.1) is 26.1 Å². The molecule has 0 radical (unpaired) electrons. The second-order valence-corrected chi connectivity index (χ2v) is 9.01. The minimum absolute atomic E-state index is 0.00624. The molecule has 1 heterocycles. The Hall–Kier alpha value is -3.55. The van der Waals surface area contributed by atoms with Gasteiger partial charge < -0.3 is 4.57 Å². The molecule has 0 spiro atoms. The second-order valence-electron chi connectivity index (χ2n) is 7.62. The molecule has 6 nitrogen and oxygen atoms in total. The zero-order valence-corrected chi connectivity index (χ0v) is 19.8. The summed E-state index contributed by atoms with van der Waals surface area (Å²) in [7, 11) is 1.86. The number of rotatable bonds is 4. The number of carbonyl (C=O) groups excluding carboxylic acids is 1. The third-order valence-electron chi connectivity index (χ3n) is 5.44. The molecule has 1 amide bonds. The highest BCUT2D eigenvalue weighted by molar-refractivity contribution is 7.13. The highest BCUT2D eigenvalue weighted by Crippen LogP contribution is 2.35. The average Bonchev–Trinajstić information content (AvgIpc) is 3.12. The number of non-ortho nitro benzene ring substituents is 1. The Morgan fingerprint density at radius 3 is 2.39 bits per heavy atom. The maximum atomic E-state index is 13.0. The first-order valence-corrected chi connectivity index (χ1v) is 11.3. The van der Waals surface area contributed by atoms with Crippen LogP contribution in [-0.4, -0.2) is 15.4 Å². The van der Waals surface area contributed by atoms with Gasteiger partial charge in [-0.3, -0.25) is 14.9 Å². The van der Waals surface area contributed by atoms with Gasteiger partial charge >= 0.3 is 0 Å². The Morgan fingerprint density at radius 1 is 1.00 bits per heavy atom. The highest BCUT2D eigenvalue weighted by Gasteiger charge is 2.19. The monoisotopic (exact) mass is 477 g/mol. The molecule has 0 unspecified atom stereocenters. The van der Waals surface area contributed by atoms with E-state index in [9.17, 15) is 14.9 Å². The first-order valence-electron chi connectivity index (χ1n) is 10.1. The van der Waals surface area contributed by atoms with Crippen LogP contribution in [0.2, 0.25) is 5.02 Å². The molecule has 0 saturated heterocycles. The van der Waals surface area contributed by atoms with E-state index in [1.54, 1.807) is 0 Å². The van der Waals surface area contributed by atoms with Crippen molar-refractivity contribution in [2.75, 3.05) is 0 Å². The smallest absolute Gasteiger partial charge is 0.281 e. The van der Waals surface area contributed by atoms with Gasteiger partial charge in [0, 0.05) is 19.2 Å². The molecule has 0 aliphatic carbocycles. The lowest BCUT2D eigenvalue weighted by molar-refractivity contribution is -0.384. The molecule has 0 fully saturated rings. The van der Waals surface area contributed by atoms with E-state index in [2.05, 4.69) is 37.0 Å². The van der Waals surface area contributed by atoms with Crippen LogP contribution in [0.1, 0.15) is 21.5 Å². The standard InChI is InChI=1S/C25H20ClN3O3S/c1-15-9-10-18(13-16(15)2)22-23(17-7-5-4-6-8-17)33-25(28(22)3)27-24(30)20-14-19(29(31)32)11-12-21(20)26/h4-14H,1-3H3. The summed E-state index contributed by atoms with van der Waals surface area (Å²) < 4.78 is 1.88. The van der Waals surface area contributed by atoms with Gasteiger partial charge in [0.1, 0.15) is 0 Å². The third-order valence-corrected chi connectivity index (χ3v) is 6.95. The van der Waals surface area contributed by atoms with Gasteiger partial charge in [0.15, 0.2) is 4.80 Å². The summed E-state index contributed by atoms with van der Waals surface area (Å²) in [6, 6.07) is 19.9. The van der Waals surface area contributed by atoms with Crippen LogP contribution in [0.25, 0.3) is 21.7 Å². The van der Waals surface area contributed by atoms with Crippen LogP contribution < -0.4 is 4.80 Å². The predicted molar refractivity (Wildman–Crippen MR) is 132 cm³/mol. The molecular formula is C25H20ClN3O3S. The summed E-state index contributed by atoms with van der Waals surface area (Å²) in [6.07, 6.45) is 0. The van der Waals surface area contributed by atoms with Crippen molar-refractivity contribution in [3.8, 4) is 21.7 Å². The van der Waals surface area contributed by atoms with E-state index in [4.69, 9.17) is 11.6 Å². The summed E-state index contributed by atoms with van der Waals surface area (Å²) in [4.78, 5) is 29.3. The number of halogens is 1. The number of amides is 1. The van der Waals surface area contributed by atoms with Gasteiger partial charge in [-0.2, -0.15) is 4.99 Å². The van der Waals surface area contributed by atoms with E-state index in [1.807, 2.05) is 41.9 Å².